The molecule has 24 heavy (non-hydrogen) atoms. The summed E-state index contributed by atoms with van der Waals surface area (Å²) in [5.41, 5.74) is 0.469. The van der Waals surface area contributed by atoms with Gasteiger partial charge >= 0.3 is 5.97 Å². The maximum atomic E-state index is 11.9. The molecule has 0 spiro atoms. The lowest BCUT2D eigenvalue weighted by molar-refractivity contribution is -0.139. The minimum Gasteiger partial charge on any atom is -0.405 e. The molecule has 1 aromatic heterocycles. The first-order valence-electron chi connectivity index (χ1n) is 7.45. The molecule has 130 valence electrons. The van der Waals surface area contributed by atoms with Crippen LogP contribution < -0.4 is 4.74 Å². The van der Waals surface area contributed by atoms with Gasteiger partial charge in [0.15, 0.2) is 0 Å². The number of halogens is 1. The Hall–Kier alpha value is -1.50. The molecule has 1 heterocycles. The predicted molar refractivity (Wildman–Crippen MR) is 95.0 cm³/mol. The zero-order valence-electron chi connectivity index (χ0n) is 14.4. The molecule has 0 aliphatic carbocycles. The van der Waals surface area contributed by atoms with Crippen molar-refractivity contribution in [2.24, 2.45) is 0 Å². The van der Waals surface area contributed by atoms with Crippen molar-refractivity contribution < 1.29 is 14.3 Å². The number of esters is 1. The van der Waals surface area contributed by atoms with E-state index in [9.17, 15) is 4.79 Å². The first-order valence-corrected chi connectivity index (χ1v) is 8.65. The van der Waals surface area contributed by atoms with Crippen LogP contribution in [0.5, 0.6) is 5.88 Å². The molecule has 0 aliphatic rings. The van der Waals surface area contributed by atoms with Crippen molar-refractivity contribution in [3.63, 3.8) is 0 Å². The summed E-state index contributed by atoms with van der Waals surface area (Å²) >= 11 is 7.42. The molecule has 5 nitrogen and oxygen atoms in total. The summed E-state index contributed by atoms with van der Waals surface area (Å²) in [7, 11) is 1.46. The molecule has 0 amide bonds. The number of aromatic nitrogens is 2. The van der Waals surface area contributed by atoms with E-state index in [1.165, 1.54) is 18.9 Å². The average Bonchev–Trinajstić information content (AvgIpc) is 2.79. The second-order valence-electron chi connectivity index (χ2n) is 6.27. The zero-order valence-corrected chi connectivity index (χ0v) is 16.0. The summed E-state index contributed by atoms with van der Waals surface area (Å²) in [6, 6.07) is 7.48. The molecule has 0 radical (unpaired) electrons. The Morgan fingerprint density at radius 2 is 1.92 bits per heavy atom. The lowest BCUT2D eigenvalue weighted by Gasteiger charge is -2.22. The Balaban J connectivity index is 2.43. The van der Waals surface area contributed by atoms with E-state index >= 15 is 0 Å². The third-order valence-electron chi connectivity index (χ3n) is 3.11. The number of carbonyl (C=O) groups excluding carboxylic acids is 1. The van der Waals surface area contributed by atoms with Crippen molar-refractivity contribution in [3.05, 3.63) is 35.0 Å². The summed E-state index contributed by atoms with van der Waals surface area (Å²) in [5.74, 6) is -0.0251. The van der Waals surface area contributed by atoms with Crippen LogP contribution in [0.15, 0.2) is 34.1 Å². The Morgan fingerprint density at radius 1 is 1.29 bits per heavy atom. The number of nitrogens with zero attached hydrogens (tertiary/aromatic N) is 2. The fourth-order valence-electron chi connectivity index (χ4n) is 2.03. The molecular formula is C17H21ClN2O3S. The molecule has 2 aromatic rings. The van der Waals surface area contributed by atoms with Crippen molar-refractivity contribution in [2.75, 3.05) is 13.7 Å². The molecule has 0 aliphatic heterocycles. The highest BCUT2D eigenvalue weighted by molar-refractivity contribution is 7.99. The van der Waals surface area contributed by atoms with Crippen LogP contribution in [0, 0.1) is 6.92 Å². The van der Waals surface area contributed by atoms with E-state index < -0.39 is 5.97 Å². The molecule has 7 heteroatoms. The normalized spacial score (nSPS) is 11.6. The van der Waals surface area contributed by atoms with Gasteiger partial charge in [-0.15, -0.1) is 0 Å². The Bertz CT molecular complexity index is 721. The highest BCUT2D eigenvalue weighted by Crippen LogP contribution is 2.40. The van der Waals surface area contributed by atoms with Crippen LogP contribution in [0.1, 0.15) is 26.5 Å². The van der Waals surface area contributed by atoms with Crippen molar-refractivity contribution in [1.29, 1.82) is 0 Å². The number of rotatable bonds is 5. The molecule has 0 atom stereocenters. The maximum Gasteiger partial charge on any atom is 0.338 e. The number of carbonyl (C=O) groups is 1. The van der Waals surface area contributed by atoms with Gasteiger partial charge in [0.25, 0.3) is 0 Å². The fourth-order valence-corrected chi connectivity index (χ4v) is 3.07. The van der Waals surface area contributed by atoms with Crippen LogP contribution in [0.4, 0.5) is 0 Å². The molecule has 0 bridgehead atoms. The molecule has 0 fully saturated rings. The van der Waals surface area contributed by atoms with Crippen molar-refractivity contribution in [3.8, 4) is 5.88 Å². The summed E-state index contributed by atoms with van der Waals surface area (Å²) in [6.07, 6.45) is 0. The number of hydrogen-bond acceptors (Lipinski definition) is 5. The van der Waals surface area contributed by atoms with E-state index in [2.05, 4.69) is 5.10 Å². The van der Waals surface area contributed by atoms with Gasteiger partial charge in [-0.1, -0.05) is 23.4 Å². The van der Waals surface area contributed by atoms with E-state index in [1.54, 1.807) is 4.68 Å². The van der Waals surface area contributed by atoms with Gasteiger partial charge in [-0.2, -0.15) is 5.10 Å². The van der Waals surface area contributed by atoms with E-state index in [1.807, 2.05) is 52.0 Å². The number of methoxy groups -OCH3 is 1. The average molecular weight is 369 g/mol. The van der Waals surface area contributed by atoms with Gasteiger partial charge in [0, 0.05) is 17.0 Å². The predicted octanol–water partition coefficient (Wildman–Crippen LogP) is 4.30. The number of benzene rings is 1. The molecule has 1 aromatic carbocycles. The van der Waals surface area contributed by atoms with Gasteiger partial charge in [-0.05, 0) is 52.0 Å². The molecule has 0 unspecified atom stereocenters. The molecule has 0 saturated heterocycles. The van der Waals surface area contributed by atoms with Crippen LogP contribution in [0.25, 0.3) is 0 Å². The fraction of sp³-hybridized carbons (Fsp3) is 0.412. The van der Waals surface area contributed by atoms with Gasteiger partial charge < -0.3 is 9.47 Å². The first-order chi connectivity index (χ1) is 11.2. The Labute approximate surface area is 151 Å². The molecule has 0 saturated carbocycles. The van der Waals surface area contributed by atoms with Crippen LogP contribution in [-0.4, -0.2) is 29.5 Å². The quantitative estimate of drug-likeness (QED) is 0.736. The van der Waals surface area contributed by atoms with Crippen LogP contribution in [0.2, 0.25) is 5.02 Å². The second kappa shape index (κ2) is 7.59. The molecule has 0 N–H and O–H groups in total. The van der Waals surface area contributed by atoms with Crippen molar-refractivity contribution >= 4 is 29.3 Å². The summed E-state index contributed by atoms with van der Waals surface area (Å²) < 4.78 is 12.1. The molecular weight excluding hydrogens is 348 g/mol. The van der Waals surface area contributed by atoms with E-state index in [4.69, 9.17) is 21.1 Å². The Morgan fingerprint density at radius 3 is 2.46 bits per heavy atom. The van der Waals surface area contributed by atoms with Crippen LogP contribution in [-0.2, 0) is 15.1 Å². The van der Waals surface area contributed by atoms with Crippen molar-refractivity contribution in [1.82, 2.24) is 9.78 Å². The largest absolute Gasteiger partial charge is 0.405 e. The third-order valence-corrected chi connectivity index (χ3v) is 4.54. The van der Waals surface area contributed by atoms with Crippen LogP contribution >= 0.6 is 23.4 Å². The van der Waals surface area contributed by atoms with Gasteiger partial charge in [-0.25, -0.2) is 9.48 Å². The van der Waals surface area contributed by atoms with Crippen LogP contribution in [0.3, 0.4) is 0 Å². The first kappa shape index (κ1) is 18.8. The van der Waals surface area contributed by atoms with Gasteiger partial charge in [-0.3, -0.25) is 0 Å². The van der Waals surface area contributed by atoms with E-state index in [-0.39, 0.29) is 12.1 Å². The number of hydrogen-bond donors (Lipinski definition) is 0. The minimum absolute atomic E-state index is 0.112. The topological polar surface area (TPSA) is 53.4 Å². The lowest BCUT2D eigenvalue weighted by Crippen LogP contribution is -2.26. The van der Waals surface area contributed by atoms with Gasteiger partial charge in [0.1, 0.15) is 6.61 Å². The highest BCUT2D eigenvalue weighted by Gasteiger charge is 2.27. The number of ether oxygens (including phenoxy) is 2. The third kappa shape index (κ3) is 4.53. The standard InChI is InChI=1S/C17H21ClN2O3S/c1-11-15(24-13-8-6-12(18)7-9-13)16(23-14(21)10-22-5)20(19-11)17(2,3)4/h6-9H,10H2,1-5H3. The minimum atomic E-state index is -0.458. The van der Waals surface area contributed by atoms with E-state index in [0.717, 1.165) is 15.5 Å². The monoisotopic (exact) mass is 368 g/mol. The Kier molecular flexibility index (Phi) is 5.96. The maximum absolute atomic E-state index is 11.9. The second-order valence-corrected chi connectivity index (χ2v) is 7.79. The van der Waals surface area contributed by atoms with E-state index in [0.29, 0.717) is 10.9 Å². The van der Waals surface area contributed by atoms with Gasteiger partial charge in [0.2, 0.25) is 5.88 Å². The van der Waals surface area contributed by atoms with Crippen molar-refractivity contribution in [2.45, 2.75) is 43.0 Å². The molecule has 2 rings (SSSR count). The smallest absolute Gasteiger partial charge is 0.338 e. The zero-order chi connectivity index (χ0) is 17.9. The lowest BCUT2D eigenvalue weighted by atomic mass is 10.1. The number of aryl methyl sites for hydroxylation is 1. The summed E-state index contributed by atoms with van der Waals surface area (Å²) in [6.45, 7) is 7.80. The van der Waals surface area contributed by atoms with Gasteiger partial charge in [0.05, 0.1) is 16.1 Å². The highest BCUT2D eigenvalue weighted by atomic mass is 35.5. The SMILES string of the molecule is COCC(=O)Oc1c(Sc2ccc(Cl)cc2)c(C)nn1C(C)(C)C. The summed E-state index contributed by atoms with van der Waals surface area (Å²) in [5, 5.41) is 5.23. The summed E-state index contributed by atoms with van der Waals surface area (Å²) in [4.78, 5) is 13.7.